The summed E-state index contributed by atoms with van der Waals surface area (Å²) in [6.45, 7) is 3.84. The minimum Gasteiger partial charge on any atom is -0.486 e. The van der Waals surface area contributed by atoms with Gasteiger partial charge >= 0.3 is 0 Å². The Morgan fingerprint density at radius 3 is 2.89 bits per heavy atom. The van der Waals surface area contributed by atoms with E-state index in [0.29, 0.717) is 13.2 Å². The molecule has 0 N–H and O–H groups in total. The first-order valence-electron chi connectivity index (χ1n) is 9.42. The number of thiazole rings is 1. The largest absolute Gasteiger partial charge is 0.486 e. The Morgan fingerprint density at radius 1 is 1.21 bits per heavy atom. The maximum atomic E-state index is 13.4. The van der Waals surface area contributed by atoms with Gasteiger partial charge in [0.15, 0.2) is 11.5 Å². The second-order valence-corrected chi connectivity index (χ2v) is 8.92. The van der Waals surface area contributed by atoms with E-state index >= 15 is 0 Å². The van der Waals surface area contributed by atoms with E-state index in [1.54, 1.807) is 11.3 Å². The van der Waals surface area contributed by atoms with E-state index in [9.17, 15) is 4.79 Å². The van der Waals surface area contributed by atoms with E-state index in [2.05, 4.69) is 11.1 Å². The molecule has 1 fully saturated rings. The zero-order chi connectivity index (χ0) is 19.1. The molecule has 0 saturated carbocycles. The molecule has 0 radical (unpaired) electrons. The van der Waals surface area contributed by atoms with Gasteiger partial charge < -0.3 is 14.4 Å². The van der Waals surface area contributed by atoms with Gasteiger partial charge in [-0.3, -0.25) is 4.79 Å². The van der Waals surface area contributed by atoms with E-state index in [1.807, 2.05) is 41.5 Å². The summed E-state index contributed by atoms with van der Waals surface area (Å²) in [6.07, 6.45) is 1.96. The second kappa shape index (κ2) is 7.22. The van der Waals surface area contributed by atoms with Crippen molar-refractivity contribution in [2.75, 3.05) is 19.8 Å². The van der Waals surface area contributed by atoms with E-state index in [-0.39, 0.29) is 11.9 Å². The van der Waals surface area contributed by atoms with Crippen molar-refractivity contribution in [1.29, 1.82) is 0 Å². The molecule has 2 aliphatic rings. The average Bonchev–Trinajstić information content (AvgIpc) is 3.47. The molecule has 0 unspecified atom stereocenters. The van der Waals surface area contributed by atoms with Gasteiger partial charge in [-0.15, -0.1) is 22.7 Å². The van der Waals surface area contributed by atoms with E-state index in [1.165, 1.54) is 11.3 Å². The standard InChI is InChI=1S/C21H20N2O3S2/c1-13-19(28-20(22-13)18-5-3-11-27-18)21(24)23-8-2-4-15(23)14-6-7-16-17(12-14)26-10-9-25-16/h3,5-7,11-12,15H,2,4,8-10H2,1H3/t15-/m1/s1. The number of carbonyl (C=O) groups is 1. The molecule has 0 spiro atoms. The van der Waals surface area contributed by atoms with Crippen molar-refractivity contribution in [2.45, 2.75) is 25.8 Å². The molecule has 28 heavy (non-hydrogen) atoms. The van der Waals surface area contributed by atoms with Crippen molar-refractivity contribution in [3.63, 3.8) is 0 Å². The molecule has 144 valence electrons. The van der Waals surface area contributed by atoms with Crippen LogP contribution in [0.4, 0.5) is 0 Å². The molecular weight excluding hydrogens is 392 g/mol. The van der Waals surface area contributed by atoms with Gasteiger partial charge in [0, 0.05) is 6.54 Å². The lowest BCUT2D eigenvalue weighted by Crippen LogP contribution is -2.30. The molecule has 2 aromatic heterocycles. The predicted octanol–water partition coefficient (Wildman–Crippen LogP) is 4.93. The number of nitrogens with zero attached hydrogens (tertiary/aromatic N) is 2. The van der Waals surface area contributed by atoms with Gasteiger partial charge in [-0.1, -0.05) is 12.1 Å². The van der Waals surface area contributed by atoms with Gasteiger partial charge in [0.1, 0.15) is 23.1 Å². The SMILES string of the molecule is Cc1nc(-c2cccs2)sc1C(=O)N1CCC[C@@H]1c1ccc2c(c1)OCCO2. The van der Waals surface area contributed by atoms with Crippen LogP contribution in [0.1, 0.15) is 39.8 Å². The summed E-state index contributed by atoms with van der Waals surface area (Å²) in [4.78, 5) is 21.9. The minimum absolute atomic E-state index is 0.0648. The molecule has 2 aliphatic heterocycles. The Balaban J connectivity index is 1.43. The molecule has 5 nitrogen and oxygen atoms in total. The number of fused-ring (bicyclic) bond motifs is 1. The molecular formula is C21H20N2O3S2. The van der Waals surface area contributed by atoms with Crippen molar-refractivity contribution in [3.05, 3.63) is 51.8 Å². The summed E-state index contributed by atoms with van der Waals surface area (Å²) < 4.78 is 11.4. The van der Waals surface area contributed by atoms with E-state index < -0.39 is 0 Å². The van der Waals surface area contributed by atoms with Crippen molar-refractivity contribution in [3.8, 4) is 21.4 Å². The number of aromatic nitrogens is 1. The Bertz CT molecular complexity index is 1010. The highest BCUT2D eigenvalue weighted by Crippen LogP contribution is 2.40. The molecule has 0 bridgehead atoms. The fraction of sp³-hybridized carbons (Fsp3) is 0.333. The molecule has 1 aromatic carbocycles. The molecule has 1 saturated heterocycles. The highest BCUT2D eigenvalue weighted by molar-refractivity contribution is 7.22. The van der Waals surface area contributed by atoms with Gasteiger partial charge in [0.25, 0.3) is 5.91 Å². The molecule has 4 heterocycles. The summed E-state index contributed by atoms with van der Waals surface area (Å²) in [7, 11) is 0. The highest BCUT2D eigenvalue weighted by atomic mass is 32.1. The molecule has 5 rings (SSSR count). The number of ether oxygens (including phenoxy) is 2. The molecule has 0 aliphatic carbocycles. The maximum Gasteiger partial charge on any atom is 0.266 e. The van der Waals surface area contributed by atoms with Crippen molar-refractivity contribution < 1.29 is 14.3 Å². The Labute approximate surface area is 171 Å². The number of carbonyl (C=O) groups excluding carboxylic acids is 1. The van der Waals surface area contributed by atoms with Crippen molar-refractivity contribution in [1.82, 2.24) is 9.88 Å². The van der Waals surface area contributed by atoms with Crippen LogP contribution in [0.5, 0.6) is 11.5 Å². The predicted molar refractivity (Wildman–Crippen MR) is 111 cm³/mol. The first kappa shape index (κ1) is 17.7. The van der Waals surface area contributed by atoms with Crippen LogP contribution in [0, 0.1) is 6.92 Å². The molecule has 3 aromatic rings. The van der Waals surface area contributed by atoms with Crippen LogP contribution in [-0.4, -0.2) is 35.5 Å². The molecule has 1 amide bonds. The number of thiophene rings is 1. The van der Waals surface area contributed by atoms with Crippen LogP contribution in [0.2, 0.25) is 0 Å². The number of amides is 1. The normalized spacial score (nSPS) is 18.5. The van der Waals surface area contributed by atoms with Crippen molar-refractivity contribution >= 4 is 28.6 Å². The van der Waals surface area contributed by atoms with E-state index in [0.717, 1.165) is 56.9 Å². The van der Waals surface area contributed by atoms with Gasteiger partial charge in [-0.25, -0.2) is 4.98 Å². The number of benzene rings is 1. The lowest BCUT2D eigenvalue weighted by molar-refractivity contribution is 0.0739. The maximum absolute atomic E-state index is 13.4. The summed E-state index contributed by atoms with van der Waals surface area (Å²) in [5.74, 6) is 1.64. The summed E-state index contributed by atoms with van der Waals surface area (Å²) in [6, 6.07) is 10.2. The van der Waals surface area contributed by atoms with Crippen LogP contribution in [-0.2, 0) is 0 Å². The number of hydrogen-bond acceptors (Lipinski definition) is 6. The van der Waals surface area contributed by atoms with E-state index in [4.69, 9.17) is 9.47 Å². The van der Waals surface area contributed by atoms with Crippen LogP contribution in [0.25, 0.3) is 9.88 Å². The van der Waals surface area contributed by atoms with Crippen LogP contribution < -0.4 is 9.47 Å². The molecule has 1 atom stereocenters. The topological polar surface area (TPSA) is 51.7 Å². The van der Waals surface area contributed by atoms with Crippen LogP contribution in [0.15, 0.2) is 35.7 Å². The zero-order valence-corrected chi connectivity index (χ0v) is 17.1. The third-order valence-corrected chi connectivity index (χ3v) is 7.37. The number of likely N-dealkylation sites (tertiary alicyclic amines) is 1. The van der Waals surface area contributed by atoms with Crippen LogP contribution in [0.3, 0.4) is 0 Å². The lowest BCUT2D eigenvalue weighted by atomic mass is 10.0. The van der Waals surface area contributed by atoms with Gasteiger partial charge in [-0.2, -0.15) is 0 Å². The summed E-state index contributed by atoms with van der Waals surface area (Å²) in [5, 5.41) is 2.96. The average molecular weight is 413 g/mol. The van der Waals surface area contributed by atoms with Gasteiger partial charge in [0.2, 0.25) is 0 Å². The number of hydrogen-bond donors (Lipinski definition) is 0. The van der Waals surface area contributed by atoms with Gasteiger partial charge in [-0.05, 0) is 48.9 Å². The highest BCUT2D eigenvalue weighted by Gasteiger charge is 2.33. The third kappa shape index (κ3) is 3.08. The minimum atomic E-state index is 0.0648. The van der Waals surface area contributed by atoms with Crippen molar-refractivity contribution in [2.24, 2.45) is 0 Å². The monoisotopic (exact) mass is 412 g/mol. The van der Waals surface area contributed by atoms with Crippen LogP contribution >= 0.6 is 22.7 Å². The van der Waals surface area contributed by atoms with Gasteiger partial charge in [0.05, 0.1) is 16.6 Å². The number of rotatable bonds is 3. The zero-order valence-electron chi connectivity index (χ0n) is 15.5. The third-order valence-electron chi connectivity index (χ3n) is 5.19. The lowest BCUT2D eigenvalue weighted by Gasteiger charge is -2.26. The summed E-state index contributed by atoms with van der Waals surface area (Å²) in [5.41, 5.74) is 1.92. The Kier molecular flexibility index (Phi) is 4.56. The fourth-order valence-electron chi connectivity index (χ4n) is 3.85. The summed E-state index contributed by atoms with van der Waals surface area (Å²) >= 11 is 3.15. The fourth-order valence-corrected chi connectivity index (χ4v) is 5.67. The quantitative estimate of drug-likeness (QED) is 0.612. The number of aryl methyl sites for hydroxylation is 1. The first-order chi connectivity index (χ1) is 13.7. The smallest absolute Gasteiger partial charge is 0.266 e. The first-order valence-corrected chi connectivity index (χ1v) is 11.1. The molecule has 7 heteroatoms. The Morgan fingerprint density at radius 2 is 2.07 bits per heavy atom. The Hall–Kier alpha value is -2.38. The second-order valence-electron chi connectivity index (χ2n) is 6.97.